The molecule has 1 unspecified atom stereocenters. The molecule has 0 aromatic heterocycles. The predicted octanol–water partition coefficient (Wildman–Crippen LogP) is 1.79. The van der Waals surface area contributed by atoms with Crippen molar-refractivity contribution in [2.75, 3.05) is 6.61 Å². The second kappa shape index (κ2) is 7.25. The maximum atomic E-state index is 12.1. The number of rotatable bonds is 4. The Morgan fingerprint density at radius 3 is 1.92 bits per heavy atom. The largest absolute Gasteiger partial charge is 0.452 e. The highest BCUT2D eigenvalue weighted by Crippen LogP contribution is 2.21. The molecule has 1 aliphatic rings. The molecule has 0 radical (unpaired) electrons. The predicted molar refractivity (Wildman–Crippen MR) is 83.2 cm³/mol. The summed E-state index contributed by atoms with van der Waals surface area (Å²) in [7, 11) is 0. The summed E-state index contributed by atoms with van der Waals surface area (Å²) in [6.07, 6.45) is -3.29. The van der Waals surface area contributed by atoms with Crippen molar-refractivity contribution in [2.45, 2.75) is 18.5 Å². The van der Waals surface area contributed by atoms with E-state index in [-0.39, 0.29) is 6.61 Å². The average Bonchev–Trinajstić information content (AvgIpc) is 2.96. The summed E-state index contributed by atoms with van der Waals surface area (Å²) in [5, 5.41) is 9.85. The van der Waals surface area contributed by atoms with Crippen molar-refractivity contribution in [2.24, 2.45) is 0 Å². The molecule has 24 heavy (non-hydrogen) atoms. The molecule has 6 nitrogen and oxygen atoms in total. The molecule has 0 amide bonds. The summed E-state index contributed by atoms with van der Waals surface area (Å²) >= 11 is 0. The molecule has 1 aliphatic heterocycles. The van der Waals surface area contributed by atoms with Crippen LogP contribution in [0.1, 0.15) is 20.7 Å². The van der Waals surface area contributed by atoms with Crippen LogP contribution in [0.15, 0.2) is 60.7 Å². The van der Waals surface area contributed by atoms with E-state index in [2.05, 4.69) is 0 Å². The van der Waals surface area contributed by atoms with Crippen molar-refractivity contribution in [3.8, 4) is 0 Å². The Kier molecular flexibility index (Phi) is 4.88. The molecular formula is C18H16O6. The summed E-state index contributed by atoms with van der Waals surface area (Å²) in [6, 6.07) is 16.8. The summed E-state index contributed by atoms with van der Waals surface area (Å²) in [5.41, 5.74) is 0.705. The number of hydrogen-bond donors (Lipinski definition) is 1. The van der Waals surface area contributed by atoms with E-state index in [0.717, 1.165) is 0 Å². The van der Waals surface area contributed by atoms with Crippen LogP contribution in [0.5, 0.6) is 0 Å². The van der Waals surface area contributed by atoms with Gasteiger partial charge in [-0.1, -0.05) is 36.4 Å². The van der Waals surface area contributed by atoms with Gasteiger partial charge in [0.15, 0.2) is 18.5 Å². The number of carbonyl (C=O) groups is 2. The van der Waals surface area contributed by atoms with Crippen LogP contribution in [0.4, 0.5) is 0 Å². The van der Waals surface area contributed by atoms with Gasteiger partial charge in [-0.05, 0) is 24.3 Å². The SMILES string of the molecule is O=C(O[C@H]1COC(O)[C@@H]1OC(=O)c1ccccc1)c1ccccc1. The Hall–Kier alpha value is -2.70. The van der Waals surface area contributed by atoms with Crippen LogP contribution in [0.25, 0.3) is 0 Å². The number of aliphatic hydroxyl groups excluding tert-OH is 1. The van der Waals surface area contributed by atoms with Gasteiger partial charge in [-0.2, -0.15) is 0 Å². The van der Waals surface area contributed by atoms with Gasteiger partial charge in [0.05, 0.1) is 17.7 Å². The zero-order chi connectivity index (χ0) is 16.9. The first kappa shape index (κ1) is 16.2. The second-order valence-electron chi connectivity index (χ2n) is 5.27. The van der Waals surface area contributed by atoms with Crippen molar-refractivity contribution in [1.82, 2.24) is 0 Å². The highest BCUT2D eigenvalue weighted by Gasteiger charge is 2.42. The molecular weight excluding hydrogens is 312 g/mol. The highest BCUT2D eigenvalue weighted by molar-refractivity contribution is 5.90. The Morgan fingerprint density at radius 1 is 0.875 bits per heavy atom. The minimum absolute atomic E-state index is 0.0491. The van der Waals surface area contributed by atoms with Crippen LogP contribution in [-0.2, 0) is 14.2 Å². The van der Waals surface area contributed by atoms with Gasteiger partial charge in [0.1, 0.15) is 0 Å². The van der Waals surface area contributed by atoms with E-state index in [1.165, 1.54) is 0 Å². The maximum Gasteiger partial charge on any atom is 0.338 e. The molecule has 2 aromatic carbocycles. The Labute approximate surface area is 138 Å². The quantitative estimate of drug-likeness (QED) is 0.862. The van der Waals surface area contributed by atoms with Gasteiger partial charge >= 0.3 is 11.9 Å². The summed E-state index contributed by atoms with van der Waals surface area (Å²) in [5.74, 6) is -1.19. The highest BCUT2D eigenvalue weighted by atomic mass is 16.7. The number of benzene rings is 2. The van der Waals surface area contributed by atoms with Crippen LogP contribution in [0.2, 0.25) is 0 Å². The van der Waals surface area contributed by atoms with E-state index in [9.17, 15) is 14.7 Å². The van der Waals surface area contributed by atoms with Crippen LogP contribution in [0, 0.1) is 0 Å². The zero-order valence-corrected chi connectivity index (χ0v) is 12.7. The van der Waals surface area contributed by atoms with E-state index < -0.39 is 30.4 Å². The first-order valence-electron chi connectivity index (χ1n) is 7.47. The number of ether oxygens (including phenoxy) is 3. The van der Waals surface area contributed by atoms with Gasteiger partial charge in [0.2, 0.25) is 0 Å². The van der Waals surface area contributed by atoms with Crippen LogP contribution in [0.3, 0.4) is 0 Å². The summed E-state index contributed by atoms with van der Waals surface area (Å²) in [4.78, 5) is 24.2. The normalized spacial score (nSPS) is 22.8. The van der Waals surface area contributed by atoms with Crippen molar-refractivity contribution >= 4 is 11.9 Å². The molecule has 0 bridgehead atoms. The van der Waals surface area contributed by atoms with Gasteiger partial charge in [-0.25, -0.2) is 9.59 Å². The van der Waals surface area contributed by atoms with Crippen molar-refractivity contribution in [1.29, 1.82) is 0 Å². The lowest BCUT2D eigenvalue weighted by Crippen LogP contribution is -2.38. The molecule has 124 valence electrons. The minimum Gasteiger partial charge on any atom is -0.452 e. The van der Waals surface area contributed by atoms with E-state index >= 15 is 0 Å². The molecule has 0 aliphatic carbocycles. The fourth-order valence-electron chi connectivity index (χ4n) is 2.35. The van der Waals surface area contributed by atoms with Crippen LogP contribution in [-0.4, -0.2) is 42.1 Å². The molecule has 3 atom stereocenters. The summed E-state index contributed by atoms with van der Waals surface area (Å²) in [6.45, 7) is -0.0491. The molecule has 1 N–H and O–H groups in total. The topological polar surface area (TPSA) is 82.1 Å². The van der Waals surface area contributed by atoms with Gasteiger partial charge in [0, 0.05) is 0 Å². The third kappa shape index (κ3) is 3.61. The molecule has 1 fully saturated rings. The van der Waals surface area contributed by atoms with Gasteiger partial charge in [0.25, 0.3) is 0 Å². The fraction of sp³-hybridized carbons (Fsp3) is 0.222. The first-order valence-corrected chi connectivity index (χ1v) is 7.47. The van der Waals surface area contributed by atoms with Crippen molar-refractivity contribution in [3.05, 3.63) is 71.8 Å². The Bertz CT molecular complexity index is 700. The van der Waals surface area contributed by atoms with Gasteiger partial charge in [-0.15, -0.1) is 0 Å². The number of hydrogen-bond acceptors (Lipinski definition) is 6. The summed E-state index contributed by atoms with van der Waals surface area (Å²) < 4.78 is 15.6. The van der Waals surface area contributed by atoms with Crippen molar-refractivity contribution in [3.63, 3.8) is 0 Å². The minimum atomic E-state index is -1.34. The lowest BCUT2D eigenvalue weighted by atomic mass is 10.2. The molecule has 0 spiro atoms. The monoisotopic (exact) mass is 328 g/mol. The van der Waals surface area contributed by atoms with Crippen LogP contribution >= 0.6 is 0 Å². The standard InChI is InChI=1S/C18H16O6/c19-16(12-7-3-1-4-8-12)23-14-11-22-18(21)15(14)24-17(20)13-9-5-2-6-10-13/h1-10,14-15,18,21H,11H2/t14-,15+,18?/m0/s1. The Morgan fingerprint density at radius 2 is 1.38 bits per heavy atom. The number of aliphatic hydroxyl groups is 1. The average molecular weight is 328 g/mol. The van der Waals surface area contributed by atoms with E-state index in [4.69, 9.17) is 14.2 Å². The molecule has 0 saturated carbocycles. The molecule has 6 heteroatoms. The molecule has 1 saturated heterocycles. The van der Waals surface area contributed by atoms with Crippen LogP contribution < -0.4 is 0 Å². The molecule has 1 heterocycles. The van der Waals surface area contributed by atoms with E-state index in [1.807, 2.05) is 0 Å². The fourth-order valence-corrected chi connectivity index (χ4v) is 2.35. The lowest BCUT2D eigenvalue weighted by Gasteiger charge is -2.20. The number of carbonyl (C=O) groups excluding carboxylic acids is 2. The Balaban J connectivity index is 1.67. The first-order chi connectivity index (χ1) is 11.6. The van der Waals surface area contributed by atoms with E-state index in [0.29, 0.717) is 11.1 Å². The second-order valence-corrected chi connectivity index (χ2v) is 5.27. The zero-order valence-electron chi connectivity index (χ0n) is 12.7. The molecule has 3 rings (SSSR count). The van der Waals surface area contributed by atoms with Gasteiger partial charge in [-0.3, -0.25) is 0 Å². The van der Waals surface area contributed by atoms with Gasteiger partial charge < -0.3 is 19.3 Å². The maximum absolute atomic E-state index is 12.1. The van der Waals surface area contributed by atoms with Crippen molar-refractivity contribution < 1.29 is 28.9 Å². The van der Waals surface area contributed by atoms with E-state index in [1.54, 1.807) is 60.7 Å². The smallest absolute Gasteiger partial charge is 0.338 e. The third-order valence-electron chi connectivity index (χ3n) is 3.60. The third-order valence-corrected chi connectivity index (χ3v) is 3.60. The number of esters is 2. The lowest BCUT2D eigenvalue weighted by molar-refractivity contribution is -0.117. The molecule has 2 aromatic rings.